The quantitative estimate of drug-likeness (QED) is 0.525. The molecule has 0 spiro atoms. The summed E-state index contributed by atoms with van der Waals surface area (Å²) in [4.78, 5) is 25.6. The molecule has 3 aromatic rings. The Morgan fingerprint density at radius 2 is 2.15 bits per heavy atom. The first-order valence-corrected chi connectivity index (χ1v) is 8.16. The van der Waals surface area contributed by atoms with Gasteiger partial charge in [0.05, 0.1) is 30.1 Å². The number of carbonyl (C=O) groups excluding carboxylic acids is 1. The second-order valence-electron chi connectivity index (χ2n) is 5.48. The minimum atomic E-state index is -0.539. The van der Waals surface area contributed by atoms with Crippen molar-refractivity contribution in [3.63, 3.8) is 0 Å². The Kier molecular flexibility index (Phi) is 5.22. The fourth-order valence-corrected chi connectivity index (χ4v) is 2.49. The summed E-state index contributed by atoms with van der Waals surface area (Å²) in [6.45, 7) is 1.87. The van der Waals surface area contributed by atoms with Crippen molar-refractivity contribution in [3.05, 3.63) is 51.7 Å². The summed E-state index contributed by atoms with van der Waals surface area (Å²) in [5.74, 6) is -0.618. The van der Waals surface area contributed by atoms with Crippen LogP contribution in [0.25, 0.3) is 16.8 Å². The molecule has 0 aliphatic carbocycles. The van der Waals surface area contributed by atoms with Crippen LogP contribution in [0.3, 0.4) is 0 Å². The summed E-state index contributed by atoms with van der Waals surface area (Å²) in [5, 5.41) is 4.15. The molecule has 0 radical (unpaired) electrons. The highest BCUT2D eigenvalue weighted by atomic mass is 35.5. The zero-order chi connectivity index (χ0) is 18.7. The summed E-state index contributed by atoms with van der Waals surface area (Å²) in [6.07, 6.45) is 2.09. The average Bonchev–Trinajstić information content (AvgIpc) is 3.00. The van der Waals surface area contributed by atoms with Gasteiger partial charge in [-0.2, -0.15) is 0 Å². The van der Waals surface area contributed by atoms with Crippen molar-refractivity contribution < 1.29 is 18.7 Å². The number of nitrogens with zero attached hydrogens (tertiary/aromatic N) is 2. The second-order valence-corrected chi connectivity index (χ2v) is 5.89. The molecule has 1 N–H and O–H groups in total. The van der Waals surface area contributed by atoms with Crippen molar-refractivity contribution in [1.82, 2.24) is 14.6 Å². The summed E-state index contributed by atoms with van der Waals surface area (Å²) in [6, 6.07) is 5.66. The first-order chi connectivity index (χ1) is 12.4. The molecule has 0 unspecified atom stereocenters. The minimum Gasteiger partial charge on any atom is -0.476 e. The van der Waals surface area contributed by atoms with Crippen LogP contribution in [0.2, 0.25) is 5.02 Å². The van der Waals surface area contributed by atoms with Gasteiger partial charge in [0.2, 0.25) is 5.88 Å². The lowest BCUT2D eigenvalue weighted by atomic mass is 10.1. The van der Waals surface area contributed by atoms with Crippen LogP contribution in [-0.2, 0) is 9.53 Å². The van der Waals surface area contributed by atoms with E-state index < -0.39 is 5.82 Å². The number of carbonyl (C=O) groups is 1. The van der Waals surface area contributed by atoms with Gasteiger partial charge in [-0.1, -0.05) is 11.6 Å². The number of H-pyrrole nitrogens is 1. The zero-order valence-corrected chi connectivity index (χ0v) is 14.5. The molecule has 0 amide bonds. The van der Waals surface area contributed by atoms with Gasteiger partial charge in [0, 0.05) is 25.0 Å². The van der Waals surface area contributed by atoms with Crippen LogP contribution in [0.1, 0.15) is 13.3 Å². The summed E-state index contributed by atoms with van der Waals surface area (Å²) >= 11 is 5.79. The van der Waals surface area contributed by atoms with E-state index in [1.165, 1.54) is 35.7 Å². The molecule has 0 aliphatic rings. The van der Waals surface area contributed by atoms with Crippen molar-refractivity contribution >= 4 is 23.1 Å². The molecule has 0 bridgehead atoms. The smallest absolute Gasteiger partial charge is 0.302 e. The van der Waals surface area contributed by atoms with Gasteiger partial charge in [0.25, 0.3) is 5.56 Å². The van der Waals surface area contributed by atoms with Crippen molar-refractivity contribution in [2.45, 2.75) is 13.3 Å². The van der Waals surface area contributed by atoms with Gasteiger partial charge < -0.3 is 14.5 Å². The molecule has 0 saturated heterocycles. The largest absolute Gasteiger partial charge is 0.476 e. The molecule has 0 saturated carbocycles. The van der Waals surface area contributed by atoms with E-state index in [0.29, 0.717) is 23.2 Å². The van der Waals surface area contributed by atoms with Gasteiger partial charge in [-0.15, -0.1) is 5.10 Å². The fourth-order valence-electron chi connectivity index (χ4n) is 2.31. The Morgan fingerprint density at radius 3 is 2.88 bits per heavy atom. The van der Waals surface area contributed by atoms with Gasteiger partial charge in [0.15, 0.2) is 0 Å². The Hall–Kier alpha value is -2.87. The highest BCUT2D eigenvalue weighted by Crippen LogP contribution is 2.23. The predicted molar refractivity (Wildman–Crippen MR) is 93.0 cm³/mol. The van der Waals surface area contributed by atoms with Gasteiger partial charge >= 0.3 is 5.97 Å². The van der Waals surface area contributed by atoms with Gasteiger partial charge in [0.1, 0.15) is 11.3 Å². The molecule has 1 aromatic carbocycles. The first-order valence-electron chi connectivity index (χ1n) is 7.78. The maximum Gasteiger partial charge on any atom is 0.302 e. The van der Waals surface area contributed by atoms with Gasteiger partial charge in [-0.25, -0.2) is 8.91 Å². The van der Waals surface area contributed by atoms with E-state index in [1.807, 2.05) is 0 Å². The number of aromatic amines is 1. The van der Waals surface area contributed by atoms with E-state index in [4.69, 9.17) is 21.1 Å². The molecule has 2 aromatic heterocycles. The Labute approximate surface area is 152 Å². The highest BCUT2D eigenvalue weighted by Gasteiger charge is 2.10. The van der Waals surface area contributed by atoms with Crippen LogP contribution in [-0.4, -0.2) is 33.8 Å². The number of rotatable bonds is 6. The molecule has 0 fully saturated rings. The van der Waals surface area contributed by atoms with Crippen LogP contribution in [0, 0.1) is 5.82 Å². The Bertz CT molecular complexity index is 1010. The normalized spacial score (nSPS) is 10.9. The van der Waals surface area contributed by atoms with Crippen molar-refractivity contribution in [2.24, 2.45) is 0 Å². The van der Waals surface area contributed by atoms with E-state index in [0.717, 1.165) is 0 Å². The van der Waals surface area contributed by atoms with E-state index in [9.17, 15) is 14.0 Å². The fraction of sp³-hybridized carbons (Fsp3) is 0.235. The van der Waals surface area contributed by atoms with Crippen molar-refractivity contribution in [3.8, 4) is 17.1 Å². The molecule has 3 rings (SSSR count). The van der Waals surface area contributed by atoms with Crippen molar-refractivity contribution in [2.75, 3.05) is 13.2 Å². The molecule has 0 aliphatic heterocycles. The maximum atomic E-state index is 13.3. The van der Waals surface area contributed by atoms with Crippen molar-refractivity contribution in [1.29, 1.82) is 0 Å². The predicted octanol–water partition coefficient (Wildman–Crippen LogP) is 2.81. The molecule has 7 nitrogen and oxygen atoms in total. The van der Waals surface area contributed by atoms with Crippen LogP contribution >= 0.6 is 11.6 Å². The number of esters is 1. The van der Waals surface area contributed by atoms with Crippen LogP contribution < -0.4 is 10.3 Å². The SMILES string of the molecule is CC(=O)OCCCOc1cc2c(=O)[nH]c(-c3ccc(F)c(Cl)c3)cn2n1. The lowest BCUT2D eigenvalue weighted by Crippen LogP contribution is -2.10. The standard InChI is InChI=1S/C17H15ClFN3O4/c1-10(23)25-5-2-6-26-16-8-15-17(24)20-14(9-22(15)21-16)11-3-4-13(19)12(18)7-11/h3-4,7-9H,2,5-6H2,1H3,(H,20,24). The minimum absolute atomic E-state index is 0.0410. The number of hydrogen-bond donors (Lipinski definition) is 1. The summed E-state index contributed by atoms with van der Waals surface area (Å²) < 4.78 is 24.9. The number of halogens is 2. The molecular weight excluding hydrogens is 365 g/mol. The van der Waals surface area contributed by atoms with E-state index in [-0.39, 0.29) is 35.6 Å². The lowest BCUT2D eigenvalue weighted by Gasteiger charge is -2.04. The first kappa shape index (κ1) is 17.9. The van der Waals surface area contributed by atoms with Crippen LogP contribution in [0.15, 0.2) is 35.3 Å². The molecule has 26 heavy (non-hydrogen) atoms. The summed E-state index contributed by atoms with van der Waals surface area (Å²) in [5.41, 5.74) is 0.922. The number of benzene rings is 1. The third-order valence-electron chi connectivity index (χ3n) is 3.52. The molecule has 2 heterocycles. The molecule has 9 heteroatoms. The topological polar surface area (TPSA) is 85.7 Å². The number of nitrogens with one attached hydrogen (secondary N) is 1. The third-order valence-corrected chi connectivity index (χ3v) is 3.81. The van der Waals surface area contributed by atoms with Gasteiger partial charge in [-0.3, -0.25) is 9.59 Å². The maximum absolute atomic E-state index is 13.3. The molecule has 0 atom stereocenters. The second kappa shape index (κ2) is 7.57. The van der Waals surface area contributed by atoms with E-state index in [1.54, 1.807) is 6.20 Å². The number of hydrogen-bond acceptors (Lipinski definition) is 5. The molecule has 136 valence electrons. The zero-order valence-electron chi connectivity index (χ0n) is 13.8. The van der Waals surface area contributed by atoms with Crippen LogP contribution in [0.5, 0.6) is 5.88 Å². The summed E-state index contributed by atoms with van der Waals surface area (Å²) in [7, 11) is 0. The highest BCUT2D eigenvalue weighted by molar-refractivity contribution is 6.31. The molecular formula is C17H15ClFN3O4. The monoisotopic (exact) mass is 379 g/mol. The van der Waals surface area contributed by atoms with Crippen LogP contribution in [0.4, 0.5) is 4.39 Å². The average molecular weight is 380 g/mol. The Balaban J connectivity index is 1.79. The Morgan fingerprint density at radius 1 is 1.35 bits per heavy atom. The van der Waals surface area contributed by atoms with E-state index in [2.05, 4.69) is 10.1 Å². The number of aromatic nitrogens is 3. The van der Waals surface area contributed by atoms with E-state index >= 15 is 0 Å². The number of fused-ring (bicyclic) bond motifs is 1. The lowest BCUT2D eigenvalue weighted by molar-refractivity contribution is -0.141. The number of ether oxygens (including phenoxy) is 2. The third kappa shape index (κ3) is 4.02. The van der Waals surface area contributed by atoms with Gasteiger partial charge in [-0.05, 0) is 18.2 Å².